The molecule has 0 amide bonds. The van der Waals surface area contributed by atoms with Crippen molar-refractivity contribution in [3.8, 4) is 0 Å². The van der Waals surface area contributed by atoms with Crippen LogP contribution in [0.2, 0.25) is 0 Å². The van der Waals surface area contributed by atoms with Crippen molar-refractivity contribution in [3.63, 3.8) is 0 Å². The number of hydrogen-bond donors (Lipinski definition) is 1. The third-order valence-corrected chi connectivity index (χ3v) is 3.11. The molecular weight excluding hydrogens is 195 g/mol. The minimum Gasteiger partial charge on any atom is -0.481 e. The summed E-state index contributed by atoms with van der Waals surface area (Å²) in [4.78, 5) is 10.7. The van der Waals surface area contributed by atoms with E-state index in [2.05, 4.69) is 0 Å². The van der Waals surface area contributed by atoms with Gasteiger partial charge in [0.15, 0.2) is 0 Å². The van der Waals surface area contributed by atoms with Gasteiger partial charge < -0.3 is 5.11 Å². The van der Waals surface area contributed by atoms with Gasteiger partial charge in [-0.15, -0.1) is 0 Å². The third-order valence-electron chi connectivity index (χ3n) is 3.11. The second-order valence-corrected chi connectivity index (χ2v) is 4.31. The smallest absolute Gasteiger partial charge is 0.304 e. The molecule has 0 saturated heterocycles. The van der Waals surface area contributed by atoms with E-state index in [0.29, 0.717) is 0 Å². The van der Waals surface area contributed by atoms with Crippen LogP contribution < -0.4 is 0 Å². The Bertz CT molecular complexity index is 408. The summed E-state index contributed by atoms with van der Waals surface area (Å²) in [6.07, 6.45) is 1.81. The van der Waals surface area contributed by atoms with Crippen molar-refractivity contribution in [2.24, 2.45) is 0 Å². The van der Waals surface area contributed by atoms with Gasteiger partial charge in [0, 0.05) is 5.41 Å². The van der Waals surface area contributed by atoms with E-state index in [1.54, 1.807) is 6.07 Å². The molecule has 0 atom stereocenters. The lowest BCUT2D eigenvalue weighted by Crippen LogP contribution is -2.14. The Hall–Kier alpha value is -1.38. The molecule has 1 aliphatic carbocycles. The number of halogens is 1. The number of aryl methyl sites for hydroxylation is 1. The van der Waals surface area contributed by atoms with Crippen LogP contribution in [-0.2, 0) is 10.2 Å². The Balaban J connectivity index is 2.36. The first-order valence-electron chi connectivity index (χ1n) is 5.02. The first-order chi connectivity index (χ1) is 7.03. The van der Waals surface area contributed by atoms with Crippen LogP contribution in [0.4, 0.5) is 4.39 Å². The van der Waals surface area contributed by atoms with Crippen LogP contribution in [0.15, 0.2) is 18.2 Å². The van der Waals surface area contributed by atoms with Gasteiger partial charge >= 0.3 is 5.97 Å². The van der Waals surface area contributed by atoms with Gasteiger partial charge in [-0.2, -0.15) is 0 Å². The topological polar surface area (TPSA) is 37.3 Å². The van der Waals surface area contributed by atoms with Crippen LogP contribution in [0.1, 0.15) is 30.4 Å². The molecule has 1 fully saturated rings. The van der Waals surface area contributed by atoms with Crippen LogP contribution in [0, 0.1) is 12.7 Å². The molecule has 2 nitrogen and oxygen atoms in total. The summed E-state index contributed by atoms with van der Waals surface area (Å²) >= 11 is 0. The summed E-state index contributed by atoms with van der Waals surface area (Å²) in [7, 11) is 0. The normalized spacial score (nSPS) is 17.5. The van der Waals surface area contributed by atoms with Gasteiger partial charge in [0.1, 0.15) is 5.82 Å². The third kappa shape index (κ3) is 1.87. The number of carboxylic acids is 1. The van der Waals surface area contributed by atoms with Crippen molar-refractivity contribution < 1.29 is 14.3 Å². The van der Waals surface area contributed by atoms with Gasteiger partial charge in [-0.25, -0.2) is 4.39 Å². The Labute approximate surface area is 87.7 Å². The van der Waals surface area contributed by atoms with Crippen molar-refractivity contribution in [1.82, 2.24) is 0 Å². The van der Waals surface area contributed by atoms with Crippen LogP contribution in [0.3, 0.4) is 0 Å². The zero-order valence-electron chi connectivity index (χ0n) is 8.59. The molecule has 0 unspecified atom stereocenters. The lowest BCUT2D eigenvalue weighted by atomic mass is 9.89. The first kappa shape index (κ1) is 10.1. The minimum atomic E-state index is -0.809. The standard InChI is InChI=1S/C12H13FO2/c1-8-2-3-9(13)6-10(8)12(4-5-12)7-11(14)15/h2-3,6H,4-5,7H2,1H3,(H,14,15). The van der Waals surface area contributed by atoms with Gasteiger partial charge in [-0.3, -0.25) is 4.79 Å². The van der Waals surface area contributed by atoms with E-state index in [-0.39, 0.29) is 17.7 Å². The number of hydrogen-bond acceptors (Lipinski definition) is 1. The molecular formula is C12H13FO2. The van der Waals surface area contributed by atoms with E-state index in [1.165, 1.54) is 12.1 Å². The van der Waals surface area contributed by atoms with Crippen molar-refractivity contribution in [2.75, 3.05) is 0 Å². The van der Waals surface area contributed by atoms with Crippen LogP contribution in [0.25, 0.3) is 0 Å². The van der Waals surface area contributed by atoms with E-state index < -0.39 is 5.97 Å². The predicted molar refractivity (Wildman–Crippen MR) is 54.3 cm³/mol. The molecule has 15 heavy (non-hydrogen) atoms. The van der Waals surface area contributed by atoms with E-state index >= 15 is 0 Å². The van der Waals surface area contributed by atoms with Gasteiger partial charge in [-0.05, 0) is 43.0 Å². The van der Waals surface area contributed by atoms with Crippen molar-refractivity contribution in [1.29, 1.82) is 0 Å². The van der Waals surface area contributed by atoms with Crippen LogP contribution in [-0.4, -0.2) is 11.1 Å². The zero-order chi connectivity index (χ0) is 11.1. The maximum Gasteiger partial charge on any atom is 0.304 e. The van der Waals surface area contributed by atoms with E-state index in [4.69, 9.17) is 5.11 Å². The molecule has 1 aliphatic rings. The van der Waals surface area contributed by atoms with Crippen molar-refractivity contribution >= 4 is 5.97 Å². The predicted octanol–water partition coefficient (Wildman–Crippen LogP) is 2.64. The molecule has 2 rings (SSSR count). The van der Waals surface area contributed by atoms with Crippen LogP contribution >= 0.6 is 0 Å². The fourth-order valence-corrected chi connectivity index (χ4v) is 2.15. The second-order valence-electron chi connectivity index (χ2n) is 4.31. The van der Waals surface area contributed by atoms with Gasteiger partial charge in [0.25, 0.3) is 0 Å². The summed E-state index contributed by atoms with van der Waals surface area (Å²) in [5.41, 5.74) is 1.55. The van der Waals surface area contributed by atoms with Gasteiger partial charge in [-0.1, -0.05) is 6.07 Å². The first-order valence-corrected chi connectivity index (χ1v) is 5.02. The lowest BCUT2D eigenvalue weighted by Gasteiger charge is -2.15. The average molecular weight is 208 g/mol. The van der Waals surface area contributed by atoms with E-state index in [9.17, 15) is 9.18 Å². The molecule has 1 aromatic rings. The number of aliphatic carboxylic acids is 1. The highest BCUT2D eigenvalue weighted by Gasteiger charge is 2.46. The molecule has 0 aliphatic heterocycles. The Kier molecular flexibility index (Phi) is 2.25. The van der Waals surface area contributed by atoms with Crippen molar-refractivity contribution in [2.45, 2.75) is 31.6 Å². The SMILES string of the molecule is Cc1ccc(F)cc1C1(CC(=O)O)CC1. The molecule has 0 radical (unpaired) electrons. The van der Waals surface area contributed by atoms with Gasteiger partial charge in [0.05, 0.1) is 6.42 Å². The molecule has 80 valence electrons. The second kappa shape index (κ2) is 3.33. The van der Waals surface area contributed by atoms with E-state index in [1.807, 2.05) is 6.92 Å². The fourth-order valence-electron chi connectivity index (χ4n) is 2.15. The summed E-state index contributed by atoms with van der Waals surface area (Å²) < 4.78 is 13.1. The average Bonchev–Trinajstić information content (AvgIpc) is 2.89. The zero-order valence-corrected chi connectivity index (χ0v) is 8.59. The quantitative estimate of drug-likeness (QED) is 0.829. The monoisotopic (exact) mass is 208 g/mol. The summed E-state index contributed by atoms with van der Waals surface area (Å²) in [5, 5.41) is 8.82. The summed E-state index contributed by atoms with van der Waals surface area (Å²) in [6.45, 7) is 1.90. The van der Waals surface area contributed by atoms with Crippen molar-refractivity contribution in [3.05, 3.63) is 35.1 Å². The number of benzene rings is 1. The fraction of sp³-hybridized carbons (Fsp3) is 0.417. The molecule has 0 spiro atoms. The Morgan fingerprint density at radius 1 is 1.53 bits per heavy atom. The highest BCUT2D eigenvalue weighted by molar-refractivity contribution is 5.70. The molecule has 3 heteroatoms. The number of rotatable bonds is 3. The molecule has 0 heterocycles. The number of carboxylic acid groups (broad SMARTS) is 1. The highest BCUT2D eigenvalue weighted by Crippen LogP contribution is 2.52. The Morgan fingerprint density at radius 3 is 2.73 bits per heavy atom. The van der Waals surface area contributed by atoms with Gasteiger partial charge in [0.2, 0.25) is 0 Å². The summed E-state index contributed by atoms with van der Waals surface area (Å²) in [5.74, 6) is -1.09. The minimum absolute atomic E-state index is 0.108. The highest BCUT2D eigenvalue weighted by atomic mass is 19.1. The molecule has 1 aromatic carbocycles. The van der Waals surface area contributed by atoms with Crippen LogP contribution in [0.5, 0.6) is 0 Å². The Morgan fingerprint density at radius 2 is 2.20 bits per heavy atom. The maximum absolute atomic E-state index is 13.1. The molecule has 0 bridgehead atoms. The largest absolute Gasteiger partial charge is 0.481 e. The van der Waals surface area contributed by atoms with E-state index in [0.717, 1.165) is 24.0 Å². The summed E-state index contributed by atoms with van der Waals surface area (Å²) in [6, 6.07) is 4.60. The molecule has 1 saturated carbocycles. The molecule has 0 aromatic heterocycles. The number of carbonyl (C=O) groups is 1. The molecule has 1 N–H and O–H groups in total. The maximum atomic E-state index is 13.1. The lowest BCUT2D eigenvalue weighted by molar-refractivity contribution is -0.137.